The summed E-state index contributed by atoms with van der Waals surface area (Å²) in [6.45, 7) is 5.14. The van der Waals surface area contributed by atoms with Crippen LogP contribution >= 0.6 is 0 Å². The zero-order valence-electron chi connectivity index (χ0n) is 9.36. The number of methoxy groups -OCH3 is 1. The lowest BCUT2D eigenvalue weighted by molar-refractivity contribution is 0.210. The summed E-state index contributed by atoms with van der Waals surface area (Å²) in [7, 11) is 1.64. The number of nitrogens with zero attached hydrogens (tertiary/aromatic N) is 2. The Labute approximate surface area is 89.1 Å². The molecule has 0 spiro atoms. The molecule has 5 nitrogen and oxygen atoms in total. The van der Waals surface area contributed by atoms with Crippen molar-refractivity contribution in [3.63, 3.8) is 0 Å². The van der Waals surface area contributed by atoms with Gasteiger partial charge in [-0.3, -0.25) is 4.79 Å². The summed E-state index contributed by atoms with van der Waals surface area (Å²) < 4.78 is 6.36. The molecule has 0 aliphatic carbocycles. The largest absolute Gasteiger partial charge is 0.383 e. The summed E-state index contributed by atoms with van der Waals surface area (Å²) in [5.74, 6) is 0.695. The first-order chi connectivity index (χ1) is 7.15. The summed E-state index contributed by atoms with van der Waals surface area (Å²) >= 11 is 0. The van der Waals surface area contributed by atoms with Gasteiger partial charge in [-0.15, -0.1) is 0 Å². The van der Waals surface area contributed by atoms with E-state index >= 15 is 0 Å². The van der Waals surface area contributed by atoms with Crippen molar-refractivity contribution in [1.29, 1.82) is 0 Å². The Morgan fingerprint density at radius 1 is 1.53 bits per heavy atom. The standard InChI is InChI=1S/C10H17N3O2/c1-8(2)13-10(14)5-4-9(12-13)11-6-7-15-3/h4-5,8H,6-7H2,1-3H3,(H,11,12). The minimum atomic E-state index is -0.0812. The van der Waals surface area contributed by atoms with E-state index in [4.69, 9.17) is 4.74 Å². The summed E-state index contributed by atoms with van der Waals surface area (Å²) in [5, 5.41) is 7.25. The molecule has 0 fully saturated rings. The van der Waals surface area contributed by atoms with Crippen molar-refractivity contribution in [3.05, 3.63) is 22.5 Å². The van der Waals surface area contributed by atoms with Crippen LogP contribution in [0.3, 0.4) is 0 Å². The van der Waals surface area contributed by atoms with Gasteiger partial charge in [0.25, 0.3) is 5.56 Å². The molecule has 0 aromatic carbocycles. The Balaban J connectivity index is 2.74. The van der Waals surface area contributed by atoms with Crippen LogP contribution < -0.4 is 10.9 Å². The molecule has 1 rings (SSSR count). The molecule has 84 valence electrons. The highest BCUT2D eigenvalue weighted by Crippen LogP contribution is 2.01. The van der Waals surface area contributed by atoms with E-state index in [0.29, 0.717) is 19.0 Å². The first-order valence-electron chi connectivity index (χ1n) is 4.98. The fraction of sp³-hybridized carbons (Fsp3) is 0.600. The van der Waals surface area contributed by atoms with Crippen molar-refractivity contribution in [2.45, 2.75) is 19.9 Å². The number of hydrogen-bond acceptors (Lipinski definition) is 4. The summed E-state index contributed by atoms with van der Waals surface area (Å²) in [5.41, 5.74) is -0.0812. The number of hydrogen-bond donors (Lipinski definition) is 1. The number of nitrogens with one attached hydrogen (secondary N) is 1. The molecule has 0 radical (unpaired) electrons. The summed E-state index contributed by atoms with van der Waals surface area (Å²) in [6, 6.07) is 3.26. The fourth-order valence-electron chi connectivity index (χ4n) is 1.17. The number of anilines is 1. The number of aromatic nitrogens is 2. The molecule has 1 aromatic rings. The molecule has 0 saturated carbocycles. The Morgan fingerprint density at radius 3 is 2.87 bits per heavy atom. The first kappa shape index (κ1) is 11.7. The van der Waals surface area contributed by atoms with Gasteiger partial charge in [0.05, 0.1) is 12.6 Å². The third-order valence-electron chi connectivity index (χ3n) is 1.93. The van der Waals surface area contributed by atoms with Gasteiger partial charge >= 0.3 is 0 Å². The van der Waals surface area contributed by atoms with Gasteiger partial charge in [0.15, 0.2) is 0 Å². The molecule has 0 bridgehead atoms. The van der Waals surface area contributed by atoms with E-state index in [1.54, 1.807) is 13.2 Å². The van der Waals surface area contributed by atoms with Gasteiger partial charge in [0.1, 0.15) is 5.82 Å². The van der Waals surface area contributed by atoms with Crippen molar-refractivity contribution >= 4 is 5.82 Å². The minimum absolute atomic E-state index is 0.0710. The normalized spacial score (nSPS) is 10.7. The van der Waals surface area contributed by atoms with Crippen LogP contribution in [0.1, 0.15) is 19.9 Å². The number of rotatable bonds is 5. The Kier molecular flexibility index (Phi) is 4.30. The molecule has 0 aliphatic heterocycles. The van der Waals surface area contributed by atoms with E-state index < -0.39 is 0 Å². The second-order valence-corrected chi connectivity index (χ2v) is 3.51. The summed E-state index contributed by atoms with van der Waals surface area (Å²) in [4.78, 5) is 11.4. The van der Waals surface area contributed by atoms with Crippen LogP contribution in [0.2, 0.25) is 0 Å². The van der Waals surface area contributed by atoms with Crippen LogP contribution in [0.15, 0.2) is 16.9 Å². The van der Waals surface area contributed by atoms with E-state index in [1.165, 1.54) is 10.7 Å². The van der Waals surface area contributed by atoms with Crippen LogP contribution in [0.25, 0.3) is 0 Å². The molecule has 1 N–H and O–H groups in total. The third-order valence-corrected chi connectivity index (χ3v) is 1.93. The molecule has 1 aromatic heterocycles. The highest BCUT2D eigenvalue weighted by Gasteiger charge is 2.03. The Bertz CT molecular complexity index is 360. The van der Waals surface area contributed by atoms with Crippen LogP contribution in [-0.2, 0) is 4.74 Å². The van der Waals surface area contributed by atoms with E-state index in [9.17, 15) is 4.79 Å². The van der Waals surface area contributed by atoms with Crippen molar-refractivity contribution in [2.24, 2.45) is 0 Å². The quantitative estimate of drug-likeness (QED) is 0.735. The van der Waals surface area contributed by atoms with Crippen molar-refractivity contribution in [3.8, 4) is 0 Å². The summed E-state index contributed by atoms with van der Waals surface area (Å²) in [6.07, 6.45) is 0. The lowest BCUT2D eigenvalue weighted by atomic mass is 10.4. The lowest BCUT2D eigenvalue weighted by Gasteiger charge is -2.10. The Hall–Kier alpha value is -1.36. The smallest absolute Gasteiger partial charge is 0.267 e. The average Bonchev–Trinajstić information content (AvgIpc) is 2.20. The van der Waals surface area contributed by atoms with Gasteiger partial charge < -0.3 is 10.1 Å². The topological polar surface area (TPSA) is 56.1 Å². The molecule has 0 unspecified atom stereocenters. The molecule has 5 heteroatoms. The predicted molar refractivity (Wildman–Crippen MR) is 59.2 cm³/mol. The zero-order chi connectivity index (χ0) is 11.3. The van der Waals surface area contributed by atoms with E-state index in [-0.39, 0.29) is 11.6 Å². The van der Waals surface area contributed by atoms with Crippen LogP contribution in [0, 0.1) is 0 Å². The monoisotopic (exact) mass is 211 g/mol. The molecule has 1 heterocycles. The SMILES string of the molecule is COCCNc1ccc(=O)n(C(C)C)n1. The molecule has 15 heavy (non-hydrogen) atoms. The molecular formula is C10H17N3O2. The van der Waals surface area contributed by atoms with Gasteiger partial charge in [0, 0.05) is 19.7 Å². The van der Waals surface area contributed by atoms with Gasteiger partial charge in [-0.05, 0) is 19.9 Å². The van der Waals surface area contributed by atoms with E-state index in [1.807, 2.05) is 13.8 Å². The minimum Gasteiger partial charge on any atom is -0.383 e. The van der Waals surface area contributed by atoms with E-state index in [0.717, 1.165) is 0 Å². The van der Waals surface area contributed by atoms with E-state index in [2.05, 4.69) is 10.4 Å². The maximum Gasteiger partial charge on any atom is 0.267 e. The maximum atomic E-state index is 11.4. The molecule has 0 aliphatic rings. The van der Waals surface area contributed by atoms with Gasteiger partial charge in [-0.1, -0.05) is 0 Å². The Morgan fingerprint density at radius 2 is 2.27 bits per heavy atom. The van der Waals surface area contributed by atoms with Crippen LogP contribution in [0.4, 0.5) is 5.82 Å². The molecular weight excluding hydrogens is 194 g/mol. The number of ether oxygens (including phenoxy) is 1. The zero-order valence-corrected chi connectivity index (χ0v) is 9.36. The van der Waals surface area contributed by atoms with Gasteiger partial charge in [0.2, 0.25) is 0 Å². The highest BCUT2D eigenvalue weighted by molar-refractivity contribution is 5.31. The molecule has 0 amide bonds. The highest BCUT2D eigenvalue weighted by atomic mass is 16.5. The predicted octanol–water partition coefficient (Wildman–Crippen LogP) is 0.883. The third kappa shape index (κ3) is 3.36. The first-order valence-corrected chi connectivity index (χ1v) is 4.98. The van der Waals surface area contributed by atoms with Crippen molar-refractivity contribution < 1.29 is 4.74 Å². The second-order valence-electron chi connectivity index (χ2n) is 3.51. The molecule has 0 saturated heterocycles. The van der Waals surface area contributed by atoms with Gasteiger partial charge in [-0.25, -0.2) is 4.68 Å². The van der Waals surface area contributed by atoms with Crippen LogP contribution in [0.5, 0.6) is 0 Å². The van der Waals surface area contributed by atoms with Crippen molar-refractivity contribution in [2.75, 3.05) is 25.6 Å². The second kappa shape index (κ2) is 5.50. The van der Waals surface area contributed by atoms with Crippen LogP contribution in [-0.4, -0.2) is 30.0 Å². The fourth-order valence-corrected chi connectivity index (χ4v) is 1.17. The molecule has 0 atom stereocenters. The lowest BCUT2D eigenvalue weighted by Crippen LogP contribution is -2.25. The van der Waals surface area contributed by atoms with Gasteiger partial charge in [-0.2, -0.15) is 5.10 Å². The van der Waals surface area contributed by atoms with Crippen molar-refractivity contribution in [1.82, 2.24) is 9.78 Å². The maximum absolute atomic E-state index is 11.4. The average molecular weight is 211 g/mol.